The number of alkyl halides is 2. The number of nitrogens with zero attached hydrogens (tertiary/aromatic N) is 2. The van der Waals surface area contributed by atoms with E-state index in [9.17, 15) is 8.78 Å². The number of hydrogen-bond acceptors (Lipinski definition) is 2. The molecular formula is C18H24F2N2. The van der Waals surface area contributed by atoms with Gasteiger partial charge in [-0.15, -0.1) is 0 Å². The monoisotopic (exact) mass is 306 g/mol. The number of allylic oxidation sites excluding steroid dienone is 1. The molecule has 2 heterocycles. The number of likely N-dealkylation sites (N-methyl/N-ethyl adjacent to an activating group) is 1. The van der Waals surface area contributed by atoms with Crippen LogP contribution >= 0.6 is 0 Å². The third kappa shape index (κ3) is 2.24. The van der Waals surface area contributed by atoms with Crippen LogP contribution in [0.3, 0.4) is 0 Å². The molecule has 1 spiro atoms. The molecule has 0 atom stereocenters. The topological polar surface area (TPSA) is 6.48 Å². The summed E-state index contributed by atoms with van der Waals surface area (Å²) in [7, 11) is 2.00. The Hall–Kier alpha value is -1.42. The Morgan fingerprint density at radius 1 is 1.27 bits per heavy atom. The Labute approximate surface area is 131 Å². The van der Waals surface area contributed by atoms with Gasteiger partial charge in [-0.1, -0.05) is 19.6 Å². The Morgan fingerprint density at radius 3 is 2.55 bits per heavy atom. The number of halogens is 2. The summed E-state index contributed by atoms with van der Waals surface area (Å²) in [5, 5.41) is 0. The normalized spacial score (nSPS) is 21.0. The highest BCUT2D eigenvalue weighted by molar-refractivity contribution is 5.70. The molecule has 22 heavy (non-hydrogen) atoms. The van der Waals surface area contributed by atoms with Crippen molar-refractivity contribution in [2.75, 3.05) is 31.6 Å². The van der Waals surface area contributed by atoms with Gasteiger partial charge in [0, 0.05) is 29.4 Å². The SMILES string of the molecule is C=C1N(C)c2ccc(C(F)F)cc2C12CCN(CCC)CC2. The van der Waals surface area contributed by atoms with E-state index in [-0.39, 0.29) is 11.0 Å². The minimum absolute atomic E-state index is 0.122. The quantitative estimate of drug-likeness (QED) is 0.820. The number of rotatable bonds is 3. The summed E-state index contributed by atoms with van der Waals surface area (Å²) in [5.74, 6) is 0. The van der Waals surface area contributed by atoms with Crippen molar-refractivity contribution in [2.24, 2.45) is 0 Å². The second-order valence-electron chi connectivity index (χ2n) is 6.51. The molecule has 120 valence electrons. The van der Waals surface area contributed by atoms with Crippen LogP contribution < -0.4 is 4.90 Å². The molecule has 1 saturated heterocycles. The van der Waals surface area contributed by atoms with E-state index >= 15 is 0 Å². The molecular weight excluding hydrogens is 282 g/mol. The van der Waals surface area contributed by atoms with E-state index < -0.39 is 6.43 Å². The summed E-state index contributed by atoms with van der Waals surface area (Å²) in [4.78, 5) is 4.55. The Kier molecular flexibility index (Phi) is 3.98. The fourth-order valence-electron chi connectivity index (χ4n) is 4.02. The molecule has 0 N–H and O–H groups in total. The van der Waals surface area contributed by atoms with Crippen molar-refractivity contribution >= 4 is 5.69 Å². The summed E-state index contributed by atoms with van der Waals surface area (Å²) >= 11 is 0. The minimum atomic E-state index is -2.42. The Balaban J connectivity index is 1.97. The van der Waals surface area contributed by atoms with Crippen molar-refractivity contribution < 1.29 is 8.78 Å². The van der Waals surface area contributed by atoms with Gasteiger partial charge in [0.2, 0.25) is 0 Å². The maximum atomic E-state index is 13.1. The molecule has 0 saturated carbocycles. The van der Waals surface area contributed by atoms with Crippen LogP contribution in [0.2, 0.25) is 0 Å². The molecule has 0 unspecified atom stereocenters. The molecule has 4 heteroatoms. The highest BCUT2D eigenvalue weighted by Crippen LogP contribution is 2.52. The smallest absolute Gasteiger partial charge is 0.263 e. The first kappa shape index (κ1) is 15.5. The summed E-state index contributed by atoms with van der Waals surface area (Å²) in [5.41, 5.74) is 3.12. The molecule has 2 nitrogen and oxygen atoms in total. The van der Waals surface area contributed by atoms with E-state index in [1.807, 2.05) is 13.1 Å². The van der Waals surface area contributed by atoms with Crippen LogP contribution in [-0.4, -0.2) is 31.6 Å². The average molecular weight is 306 g/mol. The molecule has 1 fully saturated rings. The van der Waals surface area contributed by atoms with Gasteiger partial charge in [0.15, 0.2) is 0 Å². The molecule has 0 bridgehead atoms. The summed E-state index contributed by atoms with van der Waals surface area (Å²) in [6.45, 7) is 9.62. The van der Waals surface area contributed by atoms with Gasteiger partial charge in [-0.2, -0.15) is 0 Å². The first-order valence-electron chi connectivity index (χ1n) is 8.07. The van der Waals surface area contributed by atoms with Gasteiger partial charge in [0.25, 0.3) is 6.43 Å². The number of benzene rings is 1. The first-order valence-corrected chi connectivity index (χ1v) is 8.07. The lowest BCUT2D eigenvalue weighted by Gasteiger charge is -2.40. The van der Waals surface area contributed by atoms with Crippen molar-refractivity contribution in [3.63, 3.8) is 0 Å². The molecule has 1 aromatic rings. The van der Waals surface area contributed by atoms with Gasteiger partial charge in [-0.25, -0.2) is 8.78 Å². The van der Waals surface area contributed by atoms with Crippen LogP contribution in [0.15, 0.2) is 30.5 Å². The standard InChI is InChI=1S/C18H24F2N2/c1-4-9-22-10-7-18(8-11-22)13(2)21(3)16-6-5-14(17(19)20)12-15(16)18/h5-6,12,17H,2,4,7-11H2,1,3H3. The maximum absolute atomic E-state index is 13.1. The van der Waals surface area contributed by atoms with Crippen LogP contribution in [0.4, 0.5) is 14.5 Å². The predicted octanol–water partition coefficient (Wildman–Crippen LogP) is 4.33. The second-order valence-corrected chi connectivity index (χ2v) is 6.51. The van der Waals surface area contributed by atoms with Crippen LogP contribution in [0.5, 0.6) is 0 Å². The highest BCUT2D eigenvalue weighted by Gasteiger charge is 2.46. The molecule has 0 aromatic heterocycles. The van der Waals surface area contributed by atoms with Crippen molar-refractivity contribution in [1.29, 1.82) is 0 Å². The largest absolute Gasteiger partial charge is 0.348 e. The molecule has 0 radical (unpaired) electrons. The van der Waals surface area contributed by atoms with Gasteiger partial charge < -0.3 is 9.80 Å². The van der Waals surface area contributed by atoms with Gasteiger partial charge in [-0.05, 0) is 56.6 Å². The third-order valence-electron chi connectivity index (χ3n) is 5.36. The number of hydrogen-bond donors (Lipinski definition) is 0. The maximum Gasteiger partial charge on any atom is 0.263 e. The van der Waals surface area contributed by atoms with Crippen molar-refractivity contribution in [2.45, 2.75) is 38.0 Å². The van der Waals surface area contributed by atoms with Gasteiger partial charge in [0.1, 0.15) is 0 Å². The third-order valence-corrected chi connectivity index (χ3v) is 5.36. The molecule has 3 rings (SSSR count). The number of likely N-dealkylation sites (tertiary alicyclic amines) is 1. The lowest BCUT2D eigenvalue weighted by atomic mass is 9.72. The molecule has 2 aliphatic heterocycles. The van der Waals surface area contributed by atoms with Crippen LogP contribution in [0.1, 0.15) is 43.7 Å². The van der Waals surface area contributed by atoms with Gasteiger partial charge in [-0.3, -0.25) is 0 Å². The van der Waals surface area contributed by atoms with E-state index in [2.05, 4.69) is 23.3 Å². The summed E-state index contributed by atoms with van der Waals surface area (Å²) in [6, 6.07) is 5.08. The van der Waals surface area contributed by atoms with Crippen LogP contribution in [0.25, 0.3) is 0 Å². The lowest BCUT2D eigenvalue weighted by Crippen LogP contribution is -2.43. The fraction of sp³-hybridized carbons (Fsp3) is 0.556. The van der Waals surface area contributed by atoms with Gasteiger partial charge >= 0.3 is 0 Å². The van der Waals surface area contributed by atoms with E-state index in [1.54, 1.807) is 12.1 Å². The zero-order chi connectivity index (χ0) is 15.9. The first-order chi connectivity index (χ1) is 10.5. The van der Waals surface area contributed by atoms with Crippen molar-refractivity contribution in [3.05, 3.63) is 41.6 Å². The van der Waals surface area contributed by atoms with Crippen LogP contribution in [0, 0.1) is 0 Å². The molecule has 1 aromatic carbocycles. The molecule has 2 aliphatic rings. The van der Waals surface area contributed by atoms with Crippen LogP contribution in [-0.2, 0) is 5.41 Å². The van der Waals surface area contributed by atoms with E-state index in [1.165, 1.54) is 0 Å². The average Bonchev–Trinajstić information content (AvgIpc) is 2.72. The summed E-state index contributed by atoms with van der Waals surface area (Å²) in [6.07, 6.45) is 0.674. The number of piperidine rings is 1. The van der Waals surface area contributed by atoms with E-state index in [4.69, 9.17) is 0 Å². The molecule has 0 aliphatic carbocycles. The zero-order valence-corrected chi connectivity index (χ0v) is 13.4. The highest BCUT2D eigenvalue weighted by atomic mass is 19.3. The van der Waals surface area contributed by atoms with Crippen molar-refractivity contribution in [1.82, 2.24) is 4.90 Å². The Morgan fingerprint density at radius 2 is 1.95 bits per heavy atom. The Bertz CT molecular complexity index is 574. The fourth-order valence-corrected chi connectivity index (χ4v) is 4.02. The van der Waals surface area contributed by atoms with Gasteiger partial charge in [0.05, 0.1) is 0 Å². The van der Waals surface area contributed by atoms with E-state index in [0.717, 1.165) is 55.8 Å². The number of fused-ring (bicyclic) bond motifs is 2. The number of anilines is 1. The predicted molar refractivity (Wildman–Crippen MR) is 86.6 cm³/mol. The zero-order valence-electron chi connectivity index (χ0n) is 13.4. The minimum Gasteiger partial charge on any atom is -0.348 e. The van der Waals surface area contributed by atoms with E-state index in [0.29, 0.717) is 0 Å². The van der Waals surface area contributed by atoms with Crippen molar-refractivity contribution in [3.8, 4) is 0 Å². The molecule has 0 amide bonds. The second kappa shape index (κ2) is 5.65. The summed E-state index contributed by atoms with van der Waals surface area (Å²) < 4.78 is 26.2. The lowest BCUT2D eigenvalue weighted by molar-refractivity contribution is 0.150.